The zero-order valence-corrected chi connectivity index (χ0v) is 14.7. The highest BCUT2D eigenvalue weighted by Crippen LogP contribution is 2.08. The van der Waals surface area contributed by atoms with Crippen molar-refractivity contribution in [3.05, 3.63) is 0 Å². The molecule has 21 heavy (non-hydrogen) atoms. The summed E-state index contributed by atoms with van der Waals surface area (Å²) in [4.78, 5) is 16.8. The molecule has 2 N–H and O–H groups in total. The highest BCUT2D eigenvalue weighted by atomic mass is 16.2. The van der Waals surface area contributed by atoms with Crippen molar-refractivity contribution in [1.82, 2.24) is 9.80 Å². The van der Waals surface area contributed by atoms with Gasteiger partial charge in [0.1, 0.15) is 0 Å². The minimum atomic E-state index is 0.323. The Labute approximate surface area is 132 Å². The molecule has 1 amide bonds. The fourth-order valence-corrected chi connectivity index (χ4v) is 2.49. The third-order valence-electron chi connectivity index (χ3n) is 3.86. The van der Waals surface area contributed by atoms with E-state index in [9.17, 15) is 4.79 Å². The van der Waals surface area contributed by atoms with E-state index in [0.29, 0.717) is 18.2 Å². The van der Waals surface area contributed by atoms with Gasteiger partial charge in [-0.2, -0.15) is 0 Å². The van der Waals surface area contributed by atoms with Gasteiger partial charge in [-0.1, -0.05) is 40.5 Å². The molecule has 0 saturated carbocycles. The van der Waals surface area contributed by atoms with Gasteiger partial charge in [0.2, 0.25) is 5.91 Å². The van der Waals surface area contributed by atoms with Crippen LogP contribution in [0.1, 0.15) is 59.8 Å². The van der Waals surface area contributed by atoms with Gasteiger partial charge in [-0.15, -0.1) is 0 Å². The molecule has 0 fully saturated rings. The molecule has 0 aromatic rings. The molecule has 0 bridgehead atoms. The maximum Gasteiger partial charge on any atom is 0.222 e. The molecule has 4 nitrogen and oxygen atoms in total. The van der Waals surface area contributed by atoms with Crippen LogP contribution in [0.5, 0.6) is 0 Å². The van der Waals surface area contributed by atoms with Crippen LogP contribution in [-0.2, 0) is 4.79 Å². The number of hydrogen-bond acceptors (Lipinski definition) is 3. The van der Waals surface area contributed by atoms with Gasteiger partial charge in [-0.05, 0) is 38.4 Å². The monoisotopic (exact) mass is 299 g/mol. The van der Waals surface area contributed by atoms with E-state index >= 15 is 0 Å². The van der Waals surface area contributed by atoms with Crippen LogP contribution in [0, 0.1) is 5.92 Å². The molecule has 0 radical (unpaired) electrons. The molecular formula is C17H37N3O. The van der Waals surface area contributed by atoms with Crippen molar-refractivity contribution in [2.45, 2.75) is 59.8 Å². The number of unbranched alkanes of at least 4 members (excludes halogenated alkanes) is 3. The lowest BCUT2D eigenvalue weighted by molar-refractivity contribution is -0.132. The van der Waals surface area contributed by atoms with Gasteiger partial charge in [0.15, 0.2) is 0 Å². The second kappa shape index (κ2) is 13.1. The third kappa shape index (κ3) is 10.7. The molecule has 0 aromatic carbocycles. The lowest BCUT2D eigenvalue weighted by Crippen LogP contribution is -2.40. The fourth-order valence-electron chi connectivity index (χ4n) is 2.49. The smallest absolute Gasteiger partial charge is 0.222 e. The van der Waals surface area contributed by atoms with E-state index in [1.807, 2.05) is 0 Å². The van der Waals surface area contributed by atoms with E-state index in [1.54, 1.807) is 0 Å². The number of carbonyl (C=O) groups is 1. The van der Waals surface area contributed by atoms with Crippen molar-refractivity contribution in [3.8, 4) is 0 Å². The first-order valence-electron chi connectivity index (χ1n) is 8.75. The molecule has 0 unspecified atom stereocenters. The van der Waals surface area contributed by atoms with Gasteiger partial charge in [0.25, 0.3) is 0 Å². The van der Waals surface area contributed by atoms with Crippen molar-refractivity contribution in [2.75, 3.05) is 39.3 Å². The molecule has 0 rings (SSSR count). The number of nitrogens with two attached hydrogens (primary N) is 1. The van der Waals surface area contributed by atoms with Gasteiger partial charge in [-0.3, -0.25) is 4.79 Å². The summed E-state index contributed by atoms with van der Waals surface area (Å²) in [6, 6.07) is 0. The maximum absolute atomic E-state index is 12.4. The Morgan fingerprint density at radius 1 is 1.00 bits per heavy atom. The lowest BCUT2D eigenvalue weighted by Gasteiger charge is -2.28. The van der Waals surface area contributed by atoms with Crippen LogP contribution in [0.25, 0.3) is 0 Å². The predicted molar refractivity (Wildman–Crippen MR) is 91.3 cm³/mol. The van der Waals surface area contributed by atoms with Gasteiger partial charge in [0.05, 0.1) is 0 Å². The van der Waals surface area contributed by atoms with Gasteiger partial charge in [0, 0.05) is 26.1 Å². The molecule has 126 valence electrons. The zero-order chi connectivity index (χ0) is 16.1. The van der Waals surface area contributed by atoms with Crippen LogP contribution in [0.4, 0.5) is 0 Å². The highest BCUT2D eigenvalue weighted by Gasteiger charge is 2.15. The largest absolute Gasteiger partial charge is 0.341 e. The number of hydrogen-bond donors (Lipinski definition) is 1. The van der Waals surface area contributed by atoms with Crippen LogP contribution < -0.4 is 5.73 Å². The fraction of sp³-hybridized carbons (Fsp3) is 0.941. The Morgan fingerprint density at radius 3 is 2.14 bits per heavy atom. The van der Waals surface area contributed by atoms with E-state index in [0.717, 1.165) is 65.0 Å². The van der Waals surface area contributed by atoms with Gasteiger partial charge in [-0.25, -0.2) is 0 Å². The first-order valence-corrected chi connectivity index (χ1v) is 8.75. The number of carbonyl (C=O) groups excluding carboxylic acids is 1. The molecule has 4 heteroatoms. The van der Waals surface area contributed by atoms with Gasteiger partial charge >= 0.3 is 0 Å². The van der Waals surface area contributed by atoms with E-state index in [4.69, 9.17) is 5.73 Å². The first-order chi connectivity index (χ1) is 10.0. The number of rotatable bonds is 13. The van der Waals surface area contributed by atoms with E-state index < -0.39 is 0 Å². The minimum absolute atomic E-state index is 0.323. The summed E-state index contributed by atoms with van der Waals surface area (Å²) in [5, 5.41) is 0. The van der Waals surface area contributed by atoms with Crippen LogP contribution in [0.15, 0.2) is 0 Å². The molecule has 0 aliphatic rings. The summed E-state index contributed by atoms with van der Waals surface area (Å²) in [6.45, 7) is 14.3. The van der Waals surface area contributed by atoms with Crippen LogP contribution in [0.3, 0.4) is 0 Å². The second-order valence-electron chi connectivity index (χ2n) is 6.21. The van der Waals surface area contributed by atoms with Crippen molar-refractivity contribution in [3.63, 3.8) is 0 Å². The average Bonchev–Trinajstić information content (AvgIpc) is 2.46. The van der Waals surface area contributed by atoms with Crippen LogP contribution in [0.2, 0.25) is 0 Å². The van der Waals surface area contributed by atoms with Crippen molar-refractivity contribution in [2.24, 2.45) is 11.7 Å². The Kier molecular flexibility index (Phi) is 12.7. The quantitative estimate of drug-likeness (QED) is 0.532. The van der Waals surface area contributed by atoms with Crippen molar-refractivity contribution in [1.29, 1.82) is 0 Å². The topological polar surface area (TPSA) is 49.6 Å². The normalized spacial score (nSPS) is 11.4. The molecular weight excluding hydrogens is 262 g/mol. The lowest BCUT2D eigenvalue weighted by atomic mass is 10.1. The first kappa shape index (κ1) is 20.4. The van der Waals surface area contributed by atoms with E-state index in [1.165, 1.54) is 0 Å². The summed E-state index contributed by atoms with van der Waals surface area (Å²) < 4.78 is 0. The molecule has 0 aliphatic carbocycles. The molecule has 0 spiro atoms. The standard InChI is InChI=1S/C17H37N3O/c1-5-19(6-2)13-14-20(15-16(3)4)17(21)11-9-7-8-10-12-18/h16H,5-15,18H2,1-4H3. The van der Waals surface area contributed by atoms with Crippen molar-refractivity contribution < 1.29 is 4.79 Å². The summed E-state index contributed by atoms with van der Waals surface area (Å²) in [5.74, 6) is 0.853. The average molecular weight is 300 g/mol. The van der Waals surface area contributed by atoms with Crippen molar-refractivity contribution >= 4 is 5.91 Å². The Bertz CT molecular complexity index is 252. The Balaban J connectivity index is 4.16. The second-order valence-corrected chi connectivity index (χ2v) is 6.21. The molecule has 0 heterocycles. The molecule has 0 aliphatic heterocycles. The minimum Gasteiger partial charge on any atom is -0.341 e. The maximum atomic E-state index is 12.4. The summed E-state index contributed by atoms with van der Waals surface area (Å²) in [5.41, 5.74) is 5.49. The SMILES string of the molecule is CCN(CC)CCN(CC(C)C)C(=O)CCCCCCN. The summed E-state index contributed by atoms with van der Waals surface area (Å²) >= 11 is 0. The number of likely N-dealkylation sites (N-methyl/N-ethyl adjacent to an activating group) is 1. The Hall–Kier alpha value is -0.610. The molecule has 0 saturated heterocycles. The predicted octanol–water partition coefficient (Wildman–Crippen LogP) is 2.72. The molecule has 0 aromatic heterocycles. The van der Waals surface area contributed by atoms with Gasteiger partial charge < -0.3 is 15.5 Å². The third-order valence-corrected chi connectivity index (χ3v) is 3.86. The Morgan fingerprint density at radius 2 is 1.62 bits per heavy atom. The zero-order valence-electron chi connectivity index (χ0n) is 14.7. The number of nitrogens with zero attached hydrogens (tertiary/aromatic N) is 2. The summed E-state index contributed by atoms with van der Waals surface area (Å²) in [6.07, 6.45) is 5.03. The van der Waals surface area contributed by atoms with Crippen LogP contribution >= 0.6 is 0 Å². The highest BCUT2D eigenvalue weighted by molar-refractivity contribution is 5.76. The number of amides is 1. The van der Waals surface area contributed by atoms with Crippen LogP contribution in [-0.4, -0.2) is 55.0 Å². The van der Waals surface area contributed by atoms with E-state index in [2.05, 4.69) is 37.5 Å². The molecule has 0 atom stereocenters. The summed E-state index contributed by atoms with van der Waals surface area (Å²) in [7, 11) is 0. The van der Waals surface area contributed by atoms with E-state index in [-0.39, 0.29) is 0 Å².